The molecule has 0 saturated heterocycles. The van der Waals surface area contributed by atoms with Gasteiger partial charge in [-0.25, -0.2) is 0 Å². The summed E-state index contributed by atoms with van der Waals surface area (Å²) < 4.78 is 5.65. The van der Waals surface area contributed by atoms with Crippen LogP contribution in [0.25, 0.3) is 22.3 Å². The van der Waals surface area contributed by atoms with Crippen molar-refractivity contribution in [3.63, 3.8) is 0 Å². The first-order chi connectivity index (χ1) is 8.75. The van der Waals surface area contributed by atoms with Gasteiger partial charge in [-0.1, -0.05) is 36.4 Å². The Morgan fingerprint density at radius 2 is 1.68 bits per heavy atom. The number of phenols is 1. The van der Waals surface area contributed by atoms with Crippen molar-refractivity contribution in [3.8, 4) is 17.1 Å². The Morgan fingerprint density at radius 3 is 2.42 bits per heavy atom. The summed E-state index contributed by atoms with van der Waals surface area (Å²) in [5, 5.41) is 9.87. The van der Waals surface area contributed by atoms with E-state index >= 15 is 0 Å². The van der Waals surface area contributed by atoms with Crippen molar-refractivity contribution in [3.05, 3.63) is 64.8 Å². The van der Waals surface area contributed by atoms with Crippen LogP contribution in [0.1, 0.15) is 0 Å². The number of fused-ring (bicyclic) bond motifs is 1. The third kappa shape index (κ3) is 2.45. The third-order valence-corrected chi connectivity index (χ3v) is 2.79. The SMILES string of the molecule is O=c1cc(-c2ccccc2)oc2cccc(O)c12.[Ru]. The van der Waals surface area contributed by atoms with Crippen molar-refractivity contribution < 1.29 is 29.0 Å². The maximum atomic E-state index is 12.0. The van der Waals surface area contributed by atoms with E-state index in [9.17, 15) is 9.90 Å². The zero-order chi connectivity index (χ0) is 12.5. The van der Waals surface area contributed by atoms with Crippen molar-refractivity contribution in [1.29, 1.82) is 0 Å². The maximum Gasteiger partial charge on any atom is 0.197 e. The number of rotatable bonds is 1. The summed E-state index contributed by atoms with van der Waals surface area (Å²) in [5.41, 5.74) is 0.981. The van der Waals surface area contributed by atoms with Crippen molar-refractivity contribution in [2.75, 3.05) is 0 Å². The molecule has 3 nitrogen and oxygen atoms in total. The van der Waals surface area contributed by atoms with E-state index in [0.29, 0.717) is 11.3 Å². The second kappa shape index (κ2) is 5.37. The van der Waals surface area contributed by atoms with E-state index in [-0.39, 0.29) is 36.0 Å². The predicted octanol–water partition coefficient (Wildman–Crippen LogP) is 3.16. The monoisotopic (exact) mass is 340 g/mol. The molecular formula is C15H10O3Ru. The van der Waals surface area contributed by atoms with E-state index in [0.717, 1.165) is 5.56 Å². The van der Waals surface area contributed by atoms with Gasteiger partial charge in [0, 0.05) is 31.1 Å². The zero-order valence-corrected chi connectivity index (χ0v) is 11.6. The van der Waals surface area contributed by atoms with Gasteiger partial charge in [-0.2, -0.15) is 0 Å². The molecule has 0 amide bonds. The fourth-order valence-corrected chi connectivity index (χ4v) is 1.94. The van der Waals surface area contributed by atoms with Gasteiger partial charge in [0.2, 0.25) is 0 Å². The fourth-order valence-electron chi connectivity index (χ4n) is 1.94. The number of hydrogen-bond acceptors (Lipinski definition) is 3. The van der Waals surface area contributed by atoms with E-state index < -0.39 is 0 Å². The van der Waals surface area contributed by atoms with Gasteiger partial charge < -0.3 is 9.52 Å². The second-order valence-electron chi connectivity index (χ2n) is 3.99. The Balaban J connectivity index is 0.00000133. The van der Waals surface area contributed by atoms with Crippen molar-refractivity contribution in [2.45, 2.75) is 0 Å². The van der Waals surface area contributed by atoms with Crippen LogP contribution in [0.4, 0.5) is 0 Å². The average molecular weight is 339 g/mol. The minimum absolute atomic E-state index is 0. The van der Waals surface area contributed by atoms with Crippen molar-refractivity contribution in [1.82, 2.24) is 0 Å². The summed E-state index contributed by atoms with van der Waals surface area (Å²) in [6.45, 7) is 0. The first kappa shape index (κ1) is 13.5. The summed E-state index contributed by atoms with van der Waals surface area (Å²) >= 11 is 0. The van der Waals surface area contributed by atoms with Gasteiger partial charge in [-0.15, -0.1) is 0 Å². The van der Waals surface area contributed by atoms with Crippen LogP contribution in [0, 0.1) is 0 Å². The smallest absolute Gasteiger partial charge is 0.197 e. The predicted molar refractivity (Wildman–Crippen MR) is 69.6 cm³/mol. The maximum absolute atomic E-state index is 12.0. The van der Waals surface area contributed by atoms with Crippen LogP contribution in [-0.2, 0) is 19.5 Å². The molecule has 0 aliphatic rings. The first-order valence-electron chi connectivity index (χ1n) is 5.57. The van der Waals surface area contributed by atoms with Crippen LogP contribution in [0.5, 0.6) is 5.75 Å². The number of phenolic OH excluding ortho intramolecular Hbond substituents is 1. The molecule has 0 spiro atoms. The molecule has 1 aromatic heterocycles. The summed E-state index contributed by atoms with van der Waals surface area (Å²) in [5.74, 6) is 0.444. The molecule has 3 aromatic rings. The van der Waals surface area contributed by atoms with E-state index in [1.165, 1.54) is 12.1 Å². The van der Waals surface area contributed by atoms with Gasteiger partial charge in [0.1, 0.15) is 22.5 Å². The number of benzene rings is 2. The average Bonchev–Trinajstić information content (AvgIpc) is 2.39. The van der Waals surface area contributed by atoms with E-state index in [1.54, 1.807) is 12.1 Å². The summed E-state index contributed by atoms with van der Waals surface area (Å²) in [4.78, 5) is 12.0. The molecule has 0 bridgehead atoms. The molecule has 2 aromatic carbocycles. The molecule has 0 aliphatic heterocycles. The van der Waals surface area contributed by atoms with Gasteiger partial charge in [-0.3, -0.25) is 4.79 Å². The van der Waals surface area contributed by atoms with Gasteiger partial charge in [0.25, 0.3) is 0 Å². The van der Waals surface area contributed by atoms with Gasteiger partial charge in [0.15, 0.2) is 5.43 Å². The van der Waals surface area contributed by atoms with Gasteiger partial charge in [0.05, 0.1) is 0 Å². The summed E-state index contributed by atoms with van der Waals surface area (Å²) in [7, 11) is 0. The van der Waals surface area contributed by atoms with Crippen LogP contribution < -0.4 is 5.43 Å². The summed E-state index contributed by atoms with van der Waals surface area (Å²) in [6.07, 6.45) is 0. The Morgan fingerprint density at radius 1 is 0.947 bits per heavy atom. The Labute approximate surface area is 122 Å². The van der Waals surface area contributed by atoms with Crippen LogP contribution in [0.2, 0.25) is 0 Å². The molecule has 0 saturated carbocycles. The quantitative estimate of drug-likeness (QED) is 0.693. The van der Waals surface area contributed by atoms with E-state index in [2.05, 4.69) is 0 Å². The second-order valence-corrected chi connectivity index (χ2v) is 3.99. The number of hydrogen-bond donors (Lipinski definition) is 1. The van der Waals surface area contributed by atoms with Crippen LogP contribution in [-0.4, -0.2) is 5.11 Å². The Kier molecular flexibility index (Phi) is 3.82. The largest absolute Gasteiger partial charge is 0.507 e. The van der Waals surface area contributed by atoms with Crippen molar-refractivity contribution in [2.24, 2.45) is 0 Å². The molecule has 19 heavy (non-hydrogen) atoms. The normalized spacial score (nSPS) is 10.1. The molecule has 3 rings (SSSR count). The van der Waals surface area contributed by atoms with E-state index in [4.69, 9.17) is 4.42 Å². The van der Waals surface area contributed by atoms with Crippen LogP contribution in [0.3, 0.4) is 0 Å². The molecule has 0 radical (unpaired) electrons. The molecule has 4 heteroatoms. The van der Waals surface area contributed by atoms with E-state index in [1.807, 2.05) is 30.3 Å². The Hall–Kier alpha value is -1.93. The minimum atomic E-state index is -0.242. The van der Waals surface area contributed by atoms with Crippen LogP contribution >= 0.6 is 0 Å². The first-order valence-corrected chi connectivity index (χ1v) is 5.57. The molecule has 0 aliphatic carbocycles. The third-order valence-electron chi connectivity index (χ3n) is 2.79. The molecular weight excluding hydrogens is 329 g/mol. The standard InChI is InChI=1S/C15H10O3.Ru/c16-11-7-4-8-13-15(11)12(17)9-14(18-13)10-5-2-1-3-6-10;/h1-9,16H;. The molecule has 1 N–H and O–H groups in total. The van der Waals surface area contributed by atoms with Gasteiger partial charge in [-0.05, 0) is 12.1 Å². The minimum Gasteiger partial charge on any atom is -0.507 e. The Bertz CT molecular complexity index is 763. The molecule has 0 fully saturated rings. The molecule has 1 heterocycles. The number of aromatic hydroxyl groups is 1. The topological polar surface area (TPSA) is 50.4 Å². The van der Waals surface area contributed by atoms with Crippen LogP contribution in [0.15, 0.2) is 63.8 Å². The molecule has 96 valence electrons. The zero-order valence-electron chi connectivity index (χ0n) is 9.81. The fraction of sp³-hybridized carbons (Fsp3) is 0. The molecule has 0 atom stereocenters. The molecule has 0 unspecified atom stereocenters. The summed E-state index contributed by atoms with van der Waals surface area (Å²) in [6, 6.07) is 15.6. The van der Waals surface area contributed by atoms with Crippen molar-refractivity contribution >= 4 is 11.0 Å². The van der Waals surface area contributed by atoms with Gasteiger partial charge >= 0.3 is 0 Å².